The fourth-order valence-electron chi connectivity index (χ4n) is 2.03. The van der Waals surface area contributed by atoms with Gasteiger partial charge in [-0.3, -0.25) is 0 Å². The summed E-state index contributed by atoms with van der Waals surface area (Å²) in [6, 6.07) is 9.39. The van der Waals surface area contributed by atoms with Crippen molar-refractivity contribution in [2.24, 2.45) is 0 Å². The number of anilines is 2. The van der Waals surface area contributed by atoms with E-state index in [1.807, 2.05) is 0 Å². The summed E-state index contributed by atoms with van der Waals surface area (Å²) in [5.74, 6) is -1.81. The highest BCUT2D eigenvalue weighted by Gasteiger charge is 2.15. The Hall–Kier alpha value is -3.02. The van der Waals surface area contributed by atoms with Crippen molar-refractivity contribution in [3.05, 3.63) is 53.1 Å². The van der Waals surface area contributed by atoms with E-state index in [0.29, 0.717) is 17.1 Å². The Balaban J connectivity index is 2.47. The first-order chi connectivity index (χ1) is 10.4. The number of nitrogens with one attached hydrogen (secondary N) is 1. The standard InChI is InChI=1S/C16H15NO5/c1-9-3-5-13(11(7-9)15(18)19)17-14-6-4-10(22-2)8-12(14)16(20)21/h3-8,17H,1-2H3,(H,18,19)(H,20,21). The first kappa shape index (κ1) is 15.4. The molecule has 0 atom stereocenters. The van der Waals surface area contributed by atoms with E-state index in [1.54, 1.807) is 25.1 Å². The van der Waals surface area contributed by atoms with E-state index in [4.69, 9.17) is 4.74 Å². The van der Waals surface area contributed by atoms with Crippen molar-refractivity contribution in [2.75, 3.05) is 12.4 Å². The van der Waals surface area contributed by atoms with E-state index in [0.717, 1.165) is 5.56 Å². The maximum Gasteiger partial charge on any atom is 0.337 e. The number of carboxylic acids is 2. The van der Waals surface area contributed by atoms with Gasteiger partial charge in [0.15, 0.2) is 0 Å². The third kappa shape index (κ3) is 3.17. The van der Waals surface area contributed by atoms with E-state index in [9.17, 15) is 19.8 Å². The molecular formula is C16H15NO5. The molecule has 3 N–H and O–H groups in total. The van der Waals surface area contributed by atoms with Gasteiger partial charge in [0.25, 0.3) is 0 Å². The number of methoxy groups -OCH3 is 1. The van der Waals surface area contributed by atoms with Crippen LogP contribution in [0.25, 0.3) is 0 Å². The van der Waals surface area contributed by atoms with Gasteiger partial charge in [-0.1, -0.05) is 11.6 Å². The van der Waals surface area contributed by atoms with Crippen LogP contribution in [0.3, 0.4) is 0 Å². The van der Waals surface area contributed by atoms with Crippen molar-refractivity contribution < 1.29 is 24.5 Å². The number of carbonyl (C=O) groups is 2. The molecule has 2 aromatic carbocycles. The lowest BCUT2D eigenvalue weighted by Gasteiger charge is -2.13. The van der Waals surface area contributed by atoms with Crippen LogP contribution in [0.4, 0.5) is 11.4 Å². The Morgan fingerprint density at radius 2 is 1.50 bits per heavy atom. The third-order valence-corrected chi connectivity index (χ3v) is 3.13. The van der Waals surface area contributed by atoms with Gasteiger partial charge in [0, 0.05) is 0 Å². The van der Waals surface area contributed by atoms with Gasteiger partial charge in [-0.15, -0.1) is 0 Å². The fraction of sp³-hybridized carbons (Fsp3) is 0.125. The molecule has 0 heterocycles. The van der Waals surface area contributed by atoms with Crippen LogP contribution < -0.4 is 10.1 Å². The zero-order valence-electron chi connectivity index (χ0n) is 12.1. The molecule has 0 aromatic heterocycles. The molecule has 0 fully saturated rings. The van der Waals surface area contributed by atoms with Gasteiger partial charge in [-0.2, -0.15) is 0 Å². The van der Waals surface area contributed by atoms with Crippen LogP contribution in [0.15, 0.2) is 36.4 Å². The van der Waals surface area contributed by atoms with E-state index >= 15 is 0 Å². The Bertz CT molecular complexity index is 739. The number of aryl methyl sites for hydroxylation is 1. The minimum atomic E-state index is -1.13. The van der Waals surface area contributed by atoms with Gasteiger partial charge in [0.05, 0.1) is 29.6 Å². The molecule has 22 heavy (non-hydrogen) atoms. The monoisotopic (exact) mass is 301 g/mol. The molecule has 114 valence electrons. The van der Waals surface area contributed by atoms with Crippen LogP contribution >= 0.6 is 0 Å². The molecule has 0 saturated carbocycles. The van der Waals surface area contributed by atoms with Crippen LogP contribution in [0.5, 0.6) is 5.75 Å². The number of hydrogen-bond donors (Lipinski definition) is 3. The van der Waals surface area contributed by atoms with E-state index in [2.05, 4.69) is 5.32 Å². The third-order valence-electron chi connectivity index (χ3n) is 3.13. The van der Waals surface area contributed by atoms with Gasteiger partial charge in [-0.25, -0.2) is 9.59 Å². The van der Waals surface area contributed by atoms with E-state index in [1.165, 1.54) is 25.3 Å². The van der Waals surface area contributed by atoms with Gasteiger partial charge >= 0.3 is 11.9 Å². The molecule has 0 aliphatic heterocycles. The second kappa shape index (κ2) is 6.17. The molecular weight excluding hydrogens is 286 g/mol. The zero-order valence-corrected chi connectivity index (χ0v) is 12.1. The average Bonchev–Trinajstić information content (AvgIpc) is 2.49. The lowest BCUT2D eigenvalue weighted by atomic mass is 10.1. The number of hydrogen-bond acceptors (Lipinski definition) is 4. The molecule has 0 aliphatic rings. The van der Waals surface area contributed by atoms with E-state index in [-0.39, 0.29) is 11.1 Å². The van der Waals surface area contributed by atoms with Crippen molar-refractivity contribution in [1.29, 1.82) is 0 Å². The Morgan fingerprint density at radius 1 is 0.955 bits per heavy atom. The summed E-state index contributed by atoms with van der Waals surface area (Å²) in [6.07, 6.45) is 0. The Labute approximate surface area is 127 Å². The minimum Gasteiger partial charge on any atom is -0.497 e. The summed E-state index contributed by atoms with van der Waals surface area (Å²) in [5, 5.41) is 21.4. The summed E-state index contributed by atoms with van der Waals surface area (Å²) in [6.45, 7) is 1.78. The topological polar surface area (TPSA) is 95.9 Å². The fourth-order valence-corrected chi connectivity index (χ4v) is 2.03. The largest absolute Gasteiger partial charge is 0.497 e. The van der Waals surface area contributed by atoms with Crippen LogP contribution in [-0.4, -0.2) is 29.3 Å². The second-order valence-corrected chi connectivity index (χ2v) is 4.70. The van der Waals surface area contributed by atoms with Crippen molar-refractivity contribution in [1.82, 2.24) is 0 Å². The van der Waals surface area contributed by atoms with Crippen LogP contribution in [0, 0.1) is 6.92 Å². The maximum absolute atomic E-state index is 11.3. The van der Waals surface area contributed by atoms with Crippen molar-refractivity contribution in [2.45, 2.75) is 6.92 Å². The SMILES string of the molecule is COc1ccc(Nc2ccc(C)cc2C(=O)O)c(C(=O)O)c1. The smallest absolute Gasteiger partial charge is 0.337 e. The highest BCUT2D eigenvalue weighted by atomic mass is 16.5. The molecule has 6 nitrogen and oxygen atoms in total. The van der Waals surface area contributed by atoms with Crippen LogP contribution in [-0.2, 0) is 0 Å². The number of ether oxygens (including phenoxy) is 1. The molecule has 0 radical (unpaired) electrons. The summed E-state index contributed by atoms with van der Waals surface area (Å²) < 4.78 is 5.00. The van der Waals surface area contributed by atoms with Crippen molar-refractivity contribution >= 4 is 23.3 Å². The Kier molecular flexibility index (Phi) is 4.31. The lowest BCUT2D eigenvalue weighted by molar-refractivity contribution is 0.0687. The normalized spacial score (nSPS) is 10.1. The lowest BCUT2D eigenvalue weighted by Crippen LogP contribution is -2.07. The highest BCUT2D eigenvalue weighted by molar-refractivity contribution is 5.99. The molecule has 0 saturated heterocycles. The van der Waals surface area contributed by atoms with Crippen molar-refractivity contribution in [3.8, 4) is 5.75 Å². The van der Waals surface area contributed by atoms with Crippen LogP contribution in [0.1, 0.15) is 26.3 Å². The molecule has 2 aromatic rings. The minimum absolute atomic E-state index is 0.00346. The second-order valence-electron chi connectivity index (χ2n) is 4.70. The molecule has 0 spiro atoms. The Morgan fingerprint density at radius 3 is 2.05 bits per heavy atom. The van der Waals surface area contributed by atoms with Crippen LogP contribution in [0.2, 0.25) is 0 Å². The predicted molar refractivity (Wildman–Crippen MR) is 81.4 cm³/mol. The average molecular weight is 301 g/mol. The summed E-state index contributed by atoms with van der Waals surface area (Å²) in [7, 11) is 1.44. The van der Waals surface area contributed by atoms with Crippen molar-refractivity contribution in [3.63, 3.8) is 0 Å². The van der Waals surface area contributed by atoms with Gasteiger partial charge in [0.2, 0.25) is 0 Å². The predicted octanol–water partition coefficient (Wildman–Crippen LogP) is 3.14. The zero-order chi connectivity index (χ0) is 16.3. The molecule has 0 amide bonds. The molecule has 6 heteroatoms. The summed E-state index contributed by atoms with van der Waals surface area (Å²) in [4.78, 5) is 22.6. The number of aromatic carboxylic acids is 2. The molecule has 0 bridgehead atoms. The first-order valence-electron chi connectivity index (χ1n) is 6.44. The number of benzene rings is 2. The van der Waals surface area contributed by atoms with Gasteiger partial charge in [0.1, 0.15) is 5.75 Å². The molecule has 0 aliphatic carbocycles. The number of rotatable bonds is 5. The summed E-state index contributed by atoms with van der Waals surface area (Å²) in [5.41, 5.74) is 1.49. The molecule has 0 unspecified atom stereocenters. The number of carboxylic acid groups (broad SMARTS) is 2. The maximum atomic E-state index is 11.3. The van der Waals surface area contributed by atoms with Gasteiger partial charge < -0.3 is 20.3 Å². The van der Waals surface area contributed by atoms with E-state index < -0.39 is 11.9 Å². The molecule has 2 rings (SSSR count). The first-order valence-corrected chi connectivity index (χ1v) is 6.44. The highest BCUT2D eigenvalue weighted by Crippen LogP contribution is 2.27. The quantitative estimate of drug-likeness (QED) is 0.785. The summed E-state index contributed by atoms with van der Waals surface area (Å²) >= 11 is 0. The van der Waals surface area contributed by atoms with Gasteiger partial charge in [-0.05, 0) is 37.3 Å².